The van der Waals surface area contributed by atoms with Crippen LogP contribution in [0.3, 0.4) is 0 Å². The molecule has 0 bridgehead atoms. The second kappa shape index (κ2) is 8.25. The number of hydrogen-bond acceptors (Lipinski definition) is 5. The number of ether oxygens (including phenoxy) is 2. The molecular formula is C22H21IN2O5. The van der Waals surface area contributed by atoms with Gasteiger partial charge in [0.15, 0.2) is 11.5 Å². The van der Waals surface area contributed by atoms with Gasteiger partial charge in [0.05, 0.1) is 26.3 Å². The highest BCUT2D eigenvalue weighted by Gasteiger charge is 2.49. The third-order valence-corrected chi connectivity index (χ3v) is 6.07. The topological polar surface area (TPSA) is 76.2 Å². The highest BCUT2D eigenvalue weighted by atomic mass is 127. The summed E-state index contributed by atoms with van der Waals surface area (Å²) in [6.07, 6.45) is 1.63. The van der Waals surface area contributed by atoms with Gasteiger partial charge in [-0.25, -0.2) is 4.90 Å². The average Bonchev–Trinajstić information content (AvgIpc) is 3.54. The van der Waals surface area contributed by atoms with Crippen molar-refractivity contribution >= 4 is 46.0 Å². The Labute approximate surface area is 188 Å². The van der Waals surface area contributed by atoms with Crippen LogP contribution in [-0.4, -0.2) is 48.9 Å². The summed E-state index contributed by atoms with van der Waals surface area (Å²) < 4.78 is 11.6. The lowest BCUT2D eigenvalue weighted by Gasteiger charge is -2.28. The van der Waals surface area contributed by atoms with Crippen molar-refractivity contribution in [3.63, 3.8) is 0 Å². The number of carbonyl (C=O) groups excluding carboxylic acids is 3. The molecular weight excluding hydrogens is 499 g/mol. The lowest BCUT2D eigenvalue weighted by Crippen LogP contribution is -2.46. The van der Waals surface area contributed by atoms with Gasteiger partial charge in [-0.1, -0.05) is 0 Å². The van der Waals surface area contributed by atoms with Gasteiger partial charge < -0.3 is 14.4 Å². The molecule has 0 aromatic heterocycles. The Bertz CT molecular complexity index is 1000. The number of amides is 3. The van der Waals surface area contributed by atoms with E-state index in [1.807, 2.05) is 12.1 Å². The molecule has 1 aliphatic heterocycles. The highest BCUT2D eigenvalue weighted by Crippen LogP contribution is 2.36. The minimum absolute atomic E-state index is 0.0135. The quantitative estimate of drug-likeness (QED) is 0.432. The smallest absolute Gasteiger partial charge is 0.257 e. The van der Waals surface area contributed by atoms with Gasteiger partial charge in [-0.3, -0.25) is 14.4 Å². The predicted octanol–water partition coefficient (Wildman–Crippen LogP) is 3.25. The molecule has 2 aromatic rings. The molecule has 156 valence electrons. The number of methoxy groups -OCH3 is 2. The fourth-order valence-electron chi connectivity index (χ4n) is 3.73. The van der Waals surface area contributed by atoms with Crippen LogP contribution in [0, 0.1) is 3.57 Å². The molecule has 2 aromatic carbocycles. The number of rotatable bonds is 6. The van der Waals surface area contributed by atoms with Gasteiger partial charge in [0.1, 0.15) is 6.04 Å². The lowest BCUT2D eigenvalue weighted by molar-refractivity contribution is -0.122. The molecule has 0 N–H and O–H groups in total. The first kappa shape index (κ1) is 20.6. The first-order chi connectivity index (χ1) is 14.4. The van der Waals surface area contributed by atoms with Gasteiger partial charge in [0.25, 0.3) is 11.8 Å². The standard InChI is InChI=1S/C22H21IN2O5/c1-29-18-10-3-13(11-19(18)30-2)21(27)24(15-8-9-15)17-12-20(26)25(22(17)28)16-6-4-14(23)5-7-16/h3-7,10-11,15,17H,8-9,12H2,1-2H3. The fraction of sp³-hybridized carbons (Fsp3) is 0.318. The highest BCUT2D eigenvalue weighted by molar-refractivity contribution is 14.1. The van der Waals surface area contributed by atoms with Gasteiger partial charge in [0.2, 0.25) is 5.91 Å². The molecule has 2 fully saturated rings. The first-order valence-electron chi connectivity index (χ1n) is 9.61. The number of halogens is 1. The van der Waals surface area contributed by atoms with Crippen molar-refractivity contribution in [2.45, 2.75) is 31.3 Å². The van der Waals surface area contributed by atoms with Gasteiger partial charge in [0, 0.05) is 15.2 Å². The van der Waals surface area contributed by atoms with E-state index in [1.165, 1.54) is 19.1 Å². The minimum atomic E-state index is -0.801. The van der Waals surface area contributed by atoms with E-state index in [-0.39, 0.29) is 30.2 Å². The van der Waals surface area contributed by atoms with Crippen LogP contribution in [0.4, 0.5) is 5.69 Å². The molecule has 7 nitrogen and oxygen atoms in total. The molecule has 30 heavy (non-hydrogen) atoms. The third-order valence-electron chi connectivity index (χ3n) is 5.35. The zero-order valence-corrected chi connectivity index (χ0v) is 18.8. The summed E-state index contributed by atoms with van der Waals surface area (Å²) in [7, 11) is 3.03. The summed E-state index contributed by atoms with van der Waals surface area (Å²) in [5, 5.41) is 0. The number of carbonyl (C=O) groups is 3. The Kier molecular flexibility index (Phi) is 5.68. The van der Waals surface area contributed by atoms with Crippen LogP contribution in [0.2, 0.25) is 0 Å². The summed E-state index contributed by atoms with van der Waals surface area (Å²) in [4.78, 5) is 42.0. The van der Waals surface area contributed by atoms with Crippen molar-refractivity contribution in [2.75, 3.05) is 19.1 Å². The minimum Gasteiger partial charge on any atom is -0.493 e. The van der Waals surface area contributed by atoms with Gasteiger partial charge >= 0.3 is 0 Å². The SMILES string of the molecule is COc1ccc(C(=O)N(C2CC2)C2CC(=O)N(c3ccc(I)cc3)C2=O)cc1OC. The number of imide groups is 1. The fourth-order valence-corrected chi connectivity index (χ4v) is 4.09. The van der Waals surface area contributed by atoms with E-state index in [1.54, 1.807) is 35.2 Å². The summed E-state index contributed by atoms with van der Waals surface area (Å²) in [6, 6.07) is 11.3. The Hall–Kier alpha value is -2.62. The molecule has 1 heterocycles. The normalized spacial score (nSPS) is 18.5. The Balaban J connectivity index is 1.63. The summed E-state index contributed by atoms with van der Waals surface area (Å²) >= 11 is 2.17. The molecule has 4 rings (SSSR count). The Morgan fingerprint density at radius 2 is 1.70 bits per heavy atom. The maximum Gasteiger partial charge on any atom is 0.257 e. The van der Waals surface area contributed by atoms with E-state index in [4.69, 9.17) is 9.47 Å². The van der Waals surface area contributed by atoms with Crippen molar-refractivity contribution in [1.82, 2.24) is 4.90 Å². The molecule has 0 radical (unpaired) electrons. The van der Waals surface area contributed by atoms with Gasteiger partial charge in [-0.05, 0) is 77.9 Å². The van der Waals surface area contributed by atoms with Crippen LogP contribution >= 0.6 is 22.6 Å². The van der Waals surface area contributed by atoms with Crippen LogP contribution in [0.15, 0.2) is 42.5 Å². The van der Waals surface area contributed by atoms with Crippen LogP contribution in [0.25, 0.3) is 0 Å². The van der Waals surface area contributed by atoms with Crippen molar-refractivity contribution < 1.29 is 23.9 Å². The first-order valence-corrected chi connectivity index (χ1v) is 10.7. The van der Waals surface area contributed by atoms with Gasteiger partial charge in [-0.15, -0.1) is 0 Å². The van der Waals surface area contributed by atoms with Crippen LogP contribution < -0.4 is 14.4 Å². The number of nitrogens with zero attached hydrogens (tertiary/aromatic N) is 2. The maximum atomic E-state index is 13.4. The molecule has 1 saturated heterocycles. The second-order valence-electron chi connectivity index (χ2n) is 7.28. The summed E-state index contributed by atoms with van der Waals surface area (Å²) in [5.41, 5.74) is 0.926. The van der Waals surface area contributed by atoms with E-state index in [0.29, 0.717) is 22.7 Å². The Morgan fingerprint density at radius 3 is 2.30 bits per heavy atom. The molecule has 1 atom stereocenters. The third kappa shape index (κ3) is 3.76. The molecule has 0 spiro atoms. The molecule has 1 saturated carbocycles. The van der Waals surface area contributed by atoms with E-state index >= 15 is 0 Å². The largest absolute Gasteiger partial charge is 0.493 e. The van der Waals surface area contributed by atoms with Crippen molar-refractivity contribution in [3.05, 3.63) is 51.6 Å². The van der Waals surface area contributed by atoms with Crippen LogP contribution in [0.5, 0.6) is 11.5 Å². The molecule has 8 heteroatoms. The van der Waals surface area contributed by atoms with E-state index < -0.39 is 6.04 Å². The maximum absolute atomic E-state index is 13.4. The number of anilines is 1. The zero-order chi connectivity index (χ0) is 21.4. The van der Waals surface area contributed by atoms with Crippen molar-refractivity contribution in [3.8, 4) is 11.5 Å². The van der Waals surface area contributed by atoms with E-state index in [2.05, 4.69) is 22.6 Å². The number of hydrogen-bond donors (Lipinski definition) is 0. The second-order valence-corrected chi connectivity index (χ2v) is 8.52. The monoisotopic (exact) mass is 520 g/mol. The number of benzene rings is 2. The lowest BCUT2D eigenvalue weighted by atomic mass is 10.1. The summed E-state index contributed by atoms with van der Waals surface area (Å²) in [6.45, 7) is 0. The molecule has 1 unspecified atom stereocenters. The molecule has 3 amide bonds. The Morgan fingerprint density at radius 1 is 1.03 bits per heavy atom. The summed E-state index contributed by atoms with van der Waals surface area (Å²) in [5.74, 6) is 0.0189. The van der Waals surface area contributed by atoms with E-state index in [0.717, 1.165) is 16.4 Å². The average molecular weight is 520 g/mol. The predicted molar refractivity (Wildman–Crippen MR) is 119 cm³/mol. The zero-order valence-electron chi connectivity index (χ0n) is 16.6. The van der Waals surface area contributed by atoms with Crippen LogP contribution in [0.1, 0.15) is 29.6 Å². The van der Waals surface area contributed by atoms with Crippen LogP contribution in [-0.2, 0) is 9.59 Å². The van der Waals surface area contributed by atoms with Crippen molar-refractivity contribution in [2.24, 2.45) is 0 Å². The van der Waals surface area contributed by atoms with Gasteiger partial charge in [-0.2, -0.15) is 0 Å². The van der Waals surface area contributed by atoms with E-state index in [9.17, 15) is 14.4 Å². The molecule has 1 aliphatic carbocycles. The molecule has 2 aliphatic rings. The van der Waals surface area contributed by atoms with Crippen molar-refractivity contribution in [1.29, 1.82) is 0 Å².